The first-order chi connectivity index (χ1) is 8.25. The van der Waals surface area contributed by atoms with Gasteiger partial charge in [-0.1, -0.05) is 17.7 Å². The summed E-state index contributed by atoms with van der Waals surface area (Å²) in [7, 11) is 0. The fourth-order valence-corrected chi connectivity index (χ4v) is 1.40. The fraction of sp³-hybridized carbons (Fsp3) is 0.0909. The van der Waals surface area contributed by atoms with Crippen LogP contribution in [-0.4, -0.2) is 20.9 Å². The molecule has 0 atom stereocenters. The number of pyridine rings is 1. The first-order valence-electron chi connectivity index (χ1n) is 4.92. The van der Waals surface area contributed by atoms with Crippen LogP contribution in [0.15, 0.2) is 36.8 Å². The van der Waals surface area contributed by atoms with Crippen LogP contribution in [0.25, 0.3) is 0 Å². The fourth-order valence-electron chi connectivity index (χ4n) is 1.25. The van der Waals surface area contributed by atoms with E-state index < -0.39 is 0 Å². The van der Waals surface area contributed by atoms with Gasteiger partial charge in [-0.05, 0) is 12.1 Å². The van der Waals surface area contributed by atoms with Gasteiger partial charge in [0, 0.05) is 24.3 Å². The number of carbonyl (C=O) groups is 1. The lowest BCUT2D eigenvalue weighted by molar-refractivity contribution is -0.115. The quantitative estimate of drug-likeness (QED) is 0.898. The molecule has 0 bridgehead atoms. The molecule has 2 heterocycles. The smallest absolute Gasteiger partial charge is 0.231 e. The van der Waals surface area contributed by atoms with Crippen molar-refractivity contribution in [1.82, 2.24) is 15.0 Å². The van der Waals surface area contributed by atoms with Crippen LogP contribution in [0.4, 0.5) is 5.82 Å². The summed E-state index contributed by atoms with van der Waals surface area (Å²) < 4.78 is 0. The standard InChI is InChI=1S/C11H9ClN4O/c12-10-11(15-6-5-14-10)16-9(17)7-8-3-1-2-4-13-8/h1-6H,7H2,(H,15,16,17). The van der Waals surface area contributed by atoms with Crippen LogP contribution in [0.2, 0.25) is 5.15 Å². The van der Waals surface area contributed by atoms with E-state index >= 15 is 0 Å². The van der Waals surface area contributed by atoms with Crippen molar-refractivity contribution < 1.29 is 4.79 Å². The van der Waals surface area contributed by atoms with E-state index in [9.17, 15) is 4.79 Å². The van der Waals surface area contributed by atoms with Gasteiger partial charge in [-0.25, -0.2) is 9.97 Å². The molecule has 0 unspecified atom stereocenters. The van der Waals surface area contributed by atoms with Crippen LogP contribution in [0.3, 0.4) is 0 Å². The summed E-state index contributed by atoms with van der Waals surface area (Å²) in [5.74, 6) is 0.0289. The Morgan fingerprint density at radius 3 is 2.71 bits per heavy atom. The minimum absolute atomic E-state index is 0.168. The van der Waals surface area contributed by atoms with E-state index in [-0.39, 0.29) is 23.3 Å². The van der Waals surface area contributed by atoms with E-state index in [1.165, 1.54) is 12.4 Å². The zero-order valence-corrected chi connectivity index (χ0v) is 9.55. The molecule has 2 aromatic rings. The molecule has 0 aliphatic carbocycles. The van der Waals surface area contributed by atoms with E-state index in [1.807, 2.05) is 6.07 Å². The minimum Gasteiger partial charge on any atom is -0.308 e. The molecule has 2 rings (SSSR count). The highest BCUT2D eigenvalue weighted by Gasteiger charge is 2.08. The number of halogens is 1. The second-order valence-corrected chi connectivity index (χ2v) is 3.60. The molecule has 5 nitrogen and oxygen atoms in total. The van der Waals surface area contributed by atoms with Crippen molar-refractivity contribution in [2.45, 2.75) is 6.42 Å². The SMILES string of the molecule is O=C(Cc1ccccn1)Nc1nccnc1Cl. The van der Waals surface area contributed by atoms with Gasteiger partial charge in [-0.15, -0.1) is 0 Å². The number of anilines is 1. The lowest BCUT2D eigenvalue weighted by atomic mass is 10.2. The Balaban J connectivity index is 2.01. The zero-order chi connectivity index (χ0) is 12.1. The second-order valence-electron chi connectivity index (χ2n) is 3.24. The van der Waals surface area contributed by atoms with E-state index in [4.69, 9.17) is 11.6 Å². The Labute approximate surface area is 103 Å². The number of amides is 1. The van der Waals surface area contributed by atoms with Crippen molar-refractivity contribution in [2.75, 3.05) is 5.32 Å². The molecule has 2 aromatic heterocycles. The molecule has 0 fully saturated rings. The van der Waals surface area contributed by atoms with Gasteiger partial charge < -0.3 is 5.32 Å². The van der Waals surface area contributed by atoms with Crippen LogP contribution in [-0.2, 0) is 11.2 Å². The third-order valence-corrected chi connectivity index (χ3v) is 2.26. The Kier molecular flexibility index (Phi) is 3.62. The molecule has 86 valence electrons. The van der Waals surface area contributed by atoms with Gasteiger partial charge >= 0.3 is 0 Å². The number of aromatic nitrogens is 3. The van der Waals surface area contributed by atoms with Gasteiger partial charge in [-0.3, -0.25) is 9.78 Å². The molecule has 0 spiro atoms. The van der Waals surface area contributed by atoms with Crippen molar-refractivity contribution >= 4 is 23.3 Å². The highest BCUT2D eigenvalue weighted by atomic mass is 35.5. The van der Waals surface area contributed by atoms with Crippen molar-refractivity contribution in [3.63, 3.8) is 0 Å². The number of hydrogen-bond acceptors (Lipinski definition) is 4. The maximum atomic E-state index is 11.7. The molecule has 0 saturated heterocycles. The monoisotopic (exact) mass is 248 g/mol. The molecule has 0 aliphatic rings. The average Bonchev–Trinajstić information content (AvgIpc) is 2.33. The summed E-state index contributed by atoms with van der Waals surface area (Å²) in [4.78, 5) is 23.4. The number of carbonyl (C=O) groups excluding carboxylic acids is 1. The minimum atomic E-state index is -0.230. The molecular weight excluding hydrogens is 240 g/mol. The third kappa shape index (κ3) is 3.22. The molecule has 6 heteroatoms. The van der Waals surface area contributed by atoms with E-state index in [0.717, 1.165) is 0 Å². The first-order valence-corrected chi connectivity index (χ1v) is 5.30. The number of nitrogens with one attached hydrogen (secondary N) is 1. The Morgan fingerprint density at radius 1 is 1.18 bits per heavy atom. The van der Waals surface area contributed by atoms with Gasteiger partial charge in [0.1, 0.15) is 0 Å². The summed E-state index contributed by atoms with van der Waals surface area (Å²) in [6.07, 6.45) is 4.73. The maximum absolute atomic E-state index is 11.7. The van der Waals surface area contributed by atoms with Crippen LogP contribution in [0, 0.1) is 0 Å². The molecule has 17 heavy (non-hydrogen) atoms. The molecule has 0 saturated carbocycles. The number of rotatable bonds is 3. The topological polar surface area (TPSA) is 67.8 Å². The van der Waals surface area contributed by atoms with Crippen molar-refractivity contribution in [3.8, 4) is 0 Å². The Hall–Kier alpha value is -2.01. The van der Waals surface area contributed by atoms with Crippen LogP contribution >= 0.6 is 11.6 Å². The Morgan fingerprint density at radius 2 is 2.00 bits per heavy atom. The van der Waals surface area contributed by atoms with Crippen molar-refractivity contribution in [1.29, 1.82) is 0 Å². The van der Waals surface area contributed by atoms with Gasteiger partial charge in [0.2, 0.25) is 5.91 Å². The third-order valence-electron chi connectivity index (χ3n) is 1.98. The van der Waals surface area contributed by atoms with Crippen molar-refractivity contribution in [3.05, 3.63) is 47.6 Å². The predicted molar refractivity (Wildman–Crippen MR) is 63.6 cm³/mol. The van der Waals surface area contributed by atoms with E-state index in [2.05, 4.69) is 20.3 Å². The van der Waals surface area contributed by atoms with Gasteiger partial charge in [0.15, 0.2) is 11.0 Å². The number of hydrogen-bond donors (Lipinski definition) is 1. The molecule has 1 amide bonds. The van der Waals surface area contributed by atoms with Gasteiger partial charge in [0.05, 0.1) is 6.42 Å². The average molecular weight is 249 g/mol. The number of nitrogens with zero attached hydrogens (tertiary/aromatic N) is 3. The molecule has 1 N–H and O–H groups in total. The lowest BCUT2D eigenvalue weighted by Gasteiger charge is -2.04. The summed E-state index contributed by atoms with van der Waals surface area (Å²) in [5, 5.41) is 2.74. The Bertz CT molecular complexity index is 518. The normalized spacial score (nSPS) is 9.94. The predicted octanol–water partition coefficient (Wildman–Crippen LogP) is 1.71. The van der Waals surface area contributed by atoms with E-state index in [0.29, 0.717) is 5.69 Å². The maximum Gasteiger partial charge on any atom is 0.231 e. The molecule has 0 aliphatic heterocycles. The van der Waals surface area contributed by atoms with Gasteiger partial charge in [-0.2, -0.15) is 0 Å². The highest BCUT2D eigenvalue weighted by Crippen LogP contribution is 2.14. The van der Waals surface area contributed by atoms with Gasteiger partial charge in [0.25, 0.3) is 0 Å². The summed E-state index contributed by atoms with van der Waals surface area (Å²) in [6, 6.07) is 5.39. The lowest BCUT2D eigenvalue weighted by Crippen LogP contribution is -2.16. The summed E-state index contributed by atoms with van der Waals surface area (Å²) in [5.41, 5.74) is 0.685. The largest absolute Gasteiger partial charge is 0.308 e. The molecular formula is C11H9ClN4O. The molecule has 0 aromatic carbocycles. The summed E-state index contributed by atoms with van der Waals surface area (Å²) >= 11 is 5.77. The highest BCUT2D eigenvalue weighted by molar-refractivity contribution is 6.32. The summed E-state index contributed by atoms with van der Waals surface area (Å²) in [6.45, 7) is 0. The first kappa shape index (κ1) is 11.5. The van der Waals surface area contributed by atoms with E-state index in [1.54, 1.807) is 18.3 Å². The van der Waals surface area contributed by atoms with Crippen LogP contribution in [0.5, 0.6) is 0 Å². The zero-order valence-electron chi connectivity index (χ0n) is 8.80. The second kappa shape index (κ2) is 5.36. The molecule has 0 radical (unpaired) electrons. The van der Waals surface area contributed by atoms with Crippen molar-refractivity contribution in [2.24, 2.45) is 0 Å². The van der Waals surface area contributed by atoms with Crippen LogP contribution in [0.1, 0.15) is 5.69 Å². The van der Waals surface area contributed by atoms with Crippen LogP contribution < -0.4 is 5.32 Å².